The lowest BCUT2D eigenvalue weighted by molar-refractivity contribution is -0.164. The van der Waals surface area contributed by atoms with Gasteiger partial charge in [-0.1, -0.05) is 64.1 Å². The average molecular weight is 615 g/mol. The monoisotopic (exact) mass is 614 g/mol. The van der Waals surface area contributed by atoms with Crippen LogP contribution in [0.3, 0.4) is 0 Å². The molecule has 2 rings (SSSR count). The first-order chi connectivity index (χ1) is 21.0. The van der Waals surface area contributed by atoms with Crippen LogP contribution in [0.1, 0.15) is 65.0 Å². The zero-order valence-electron chi connectivity index (χ0n) is 27.2. The highest BCUT2D eigenvalue weighted by Crippen LogP contribution is 2.34. The van der Waals surface area contributed by atoms with Crippen molar-refractivity contribution in [2.75, 3.05) is 27.4 Å². The Labute approximate surface area is 262 Å². The summed E-state index contributed by atoms with van der Waals surface area (Å²) >= 11 is 0. The fraction of sp³-hybridized carbons (Fsp3) is 0.571. The molecule has 0 aromatic heterocycles. The molecule has 0 unspecified atom stereocenters. The van der Waals surface area contributed by atoms with E-state index in [4.69, 9.17) is 23.7 Å². The second-order valence-electron chi connectivity index (χ2n) is 11.9. The molecule has 0 spiro atoms. The lowest BCUT2D eigenvalue weighted by Crippen LogP contribution is -2.38. The Hall–Kier alpha value is -3.59. The van der Waals surface area contributed by atoms with Crippen LogP contribution in [-0.2, 0) is 41.6 Å². The molecule has 0 aliphatic heterocycles. The average Bonchev–Trinajstić information content (AvgIpc) is 2.98. The molecule has 2 aromatic carbocycles. The number of hydrogen-bond donors (Lipinski definition) is 1. The quantitative estimate of drug-likeness (QED) is 0.134. The third-order valence-corrected chi connectivity index (χ3v) is 7.88. The zero-order valence-corrected chi connectivity index (χ0v) is 27.2. The molecule has 0 radical (unpaired) electrons. The summed E-state index contributed by atoms with van der Waals surface area (Å²) in [4.78, 5) is 38.1. The number of rotatable bonds is 20. The Balaban J connectivity index is 2.26. The molecule has 9 heteroatoms. The number of carboxylic acid groups (broad SMARTS) is 1. The molecule has 0 saturated heterocycles. The zero-order chi connectivity index (χ0) is 32.6. The number of methoxy groups -OCH3 is 2. The van der Waals surface area contributed by atoms with E-state index in [1.54, 1.807) is 14.2 Å². The van der Waals surface area contributed by atoms with Crippen molar-refractivity contribution in [3.63, 3.8) is 0 Å². The van der Waals surface area contributed by atoms with Gasteiger partial charge in [-0.25, -0.2) is 0 Å². The molecule has 4 atom stereocenters. The van der Waals surface area contributed by atoms with Crippen LogP contribution >= 0.6 is 0 Å². The van der Waals surface area contributed by atoms with Crippen LogP contribution in [0.5, 0.6) is 11.5 Å². The molecule has 244 valence electrons. The SMILES string of the molecule is COCCCOc1cc(C[C@@H](C[C@H](C(=O)O)[C@H](C[C@H](C(=O)OCc2ccccc2)C(C)C)OC(C)=O)C(C)C)ccc1OC. The Morgan fingerprint density at radius 1 is 0.818 bits per heavy atom. The first-order valence-corrected chi connectivity index (χ1v) is 15.4. The first-order valence-electron chi connectivity index (χ1n) is 15.4. The number of aliphatic carboxylic acids is 1. The minimum Gasteiger partial charge on any atom is -0.493 e. The summed E-state index contributed by atoms with van der Waals surface area (Å²) in [6.07, 6.45) is 0.616. The van der Waals surface area contributed by atoms with Crippen molar-refractivity contribution < 1.29 is 43.2 Å². The fourth-order valence-electron chi connectivity index (χ4n) is 5.21. The van der Waals surface area contributed by atoms with E-state index < -0.39 is 35.8 Å². The molecule has 0 bridgehead atoms. The summed E-state index contributed by atoms with van der Waals surface area (Å²) in [7, 11) is 3.23. The number of esters is 2. The smallest absolute Gasteiger partial charge is 0.310 e. The number of hydrogen-bond acceptors (Lipinski definition) is 8. The number of carboxylic acids is 1. The maximum atomic E-state index is 13.2. The van der Waals surface area contributed by atoms with E-state index in [-0.39, 0.29) is 37.2 Å². The van der Waals surface area contributed by atoms with E-state index in [0.717, 1.165) is 17.5 Å². The van der Waals surface area contributed by atoms with Crippen LogP contribution in [0.4, 0.5) is 0 Å². The highest BCUT2D eigenvalue weighted by atomic mass is 16.5. The van der Waals surface area contributed by atoms with Crippen molar-refractivity contribution in [2.45, 2.75) is 73.0 Å². The highest BCUT2D eigenvalue weighted by molar-refractivity contribution is 5.74. The van der Waals surface area contributed by atoms with Gasteiger partial charge in [-0.05, 0) is 60.3 Å². The molecule has 2 aromatic rings. The highest BCUT2D eigenvalue weighted by Gasteiger charge is 2.38. The maximum Gasteiger partial charge on any atom is 0.310 e. The van der Waals surface area contributed by atoms with E-state index in [0.29, 0.717) is 31.1 Å². The lowest BCUT2D eigenvalue weighted by atomic mass is 9.77. The number of ether oxygens (including phenoxy) is 5. The Morgan fingerprint density at radius 3 is 2.09 bits per heavy atom. The molecule has 44 heavy (non-hydrogen) atoms. The van der Waals surface area contributed by atoms with Gasteiger partial charge >= 0.3 is 17.9 Å². The molecule has 9 nitrogen and oxygen atoms in total. The summed E-state index contributed by atoms with van der Waals surface area (Å²) in [6.45, 7) is 10.3. The van der Waals surface area contributed by atoms with Gasteiger partial charge in [0, 0.05) is 27.1 Å². The molecular weight excluding hydrogens is 564 g/mol. The molecule has 0 aliphatic carbocycles. The summed E-state index contributed by atoms with van der Waals surface area (Å²) < 4.78 is 27.8. The predicted molar refractivity (Wildman–Crippen MR) is 167 cm³/mol. The molecular formula is C35H50O9. The molecule has 1 N–H and O–H groups in total. The van der Waals surface area contributed by atoms with Gasteiger partial charge in [0.15, 0.2) is 11.5 Å². The van der Waals surface area contributed by atoms with Gasteiger partial charge in [0.05, 0.1) is 25.6 Å². The largest absolute Gasteiger partial charge is 0.493 e. The van der Waals surface area contributed by atoms with Crippen molar-refractivity contribution in [1.82, 2.24) is 0 Å². The predicted octanol–water partition coefficient (Wildman–Crippen LogP) is 6.35. The van der Waals surface area contributed by atoms with Crippen LogP contribution in [-0.4, -0.2) is 56.6 Å². The third kappa shape index (κ3) is 12.2. The molecule has 0 heterocycles. The van der Waals surface area contributed by atoms with Gasteiger partial charge in [-0.2, -0.15) is 0 Å². The Bertz CT molecular complexity index is 1160. The van der Waals surface area contributed by atoms with Crippen LogP contribution < -0.4 is 9.47 Å². The van der Waals surface area contributed by atoms with Crippen LogP contribution in [0.2, 0.25) is 0 Å². The van der Waals surface area contributed by atoms with E-state index in [1.165, 1.54) is 6.92 Å². The Kier molecular flexibility index (Phi) is 15.8. The van der Waals surface area contributed by atoms with E-state index in [1.807, 2.05) is 76.2 Å². The van der Waals surface area contributed by atoms with E-state index in [2.05, 4.69) is 0 Å². The Morgan fingerprint density at radius 2 is 1.52 bits per heavy atom. The van der Waals surface area contributed by atoms with Gasteiger partial charge in [0.25, 0.3) is 0 Å². The van der Waals surface area contributed by atoms with Crippen molar-refractivity contribution >= 4 is 17.9 Å². The minimum absolute atomic E-state index is 0.0502. The number of carbonyl (C=O) groups is 3. The summed E-state index contributed by atoms with van der Waals surface area (Å²) in [5, 5.41) is 10.4. The van der Waals surface area contributed by atoms with Crippen LogP contribution in [0.15, 0.2) is 48.5 Å². The molecule has 0 aliphatic rings. The van der Waals surface area contributed by atoms with E-state index in [9.17, 15) is 19.5 Å². The van der Waals surface area contributed by atoms with Crippen LogP contribution in [0.25, 0.3) is 0 Å². The third-order valence-electron chi connectivity index (χ3n) is 7.88. The van der Waals surface area contributed by atoms with Crippen LogP contribution in [0, 0.1) is 29.6 Å². The fourth-order valence-corrected chi connectivity index (χ4v) is 5.21. The number of carbonyl (C=O) groups excluding carboxylic acids is 2. The topological polar surface area (TPSA) is 118 Å². The molecule has 0 saturated carbocycles. The van der Waals surface area contributed by atoms with Gasteiger partial charge in [-0.3, -0.25) is 14.4 Å². The normalized spacial score (nSPS) is 14.0. The maximum absolute atomic E-state index is 13.2. The van der Waals surface area contributed by atoms with Crippen molar-refractivity contribution in [3.05, 3.63) is 59.7 Å². The standard InChI is InChI=1S/C35H50O9/c1-23(2)28(18-27-14-15-31(41-7)33(19-27)42-17-11-16-40-6)20-30(34(37)38)32(44-25(5)36)21-29(24(3)4)35(39)43-22-26-12-9-8-10-13-26/h8-10,12-15,19,23-24,28-30,32H,11,16-18,20-22H2,1-7H3,(H,37,38)/t28-,29-,30-,32-/m0/s1. The number of benzene rings is 2. The molecule has 0 fully saturated rings. The second kappa shape index (κ2) is 18.9. The minimum atomic E-state index is -1.07. The van der Waals surface area contributed by atoms with Crippen molar-refractivity contribution in [3.8, 4) is 11.5 Å². The summed E-state index contributed by atoms with van der Waals surface area (Å²) in [6, 6.07) is 15.1. The van der Waals surface area contributed by atoms with Gasteiger partial charge in [0.1, 0.15) is 12.7 Å². The molecule has 0 amide bonds. The van der Waals surface area contributed by atoms with E-state index >= 15 is 0 Å². The lowest BCUT2D eigenvalue weighted by Gasteiger charge is -2.32. The van der Waals surface area contributed by atoms with Crippen molar-refractivity contribution in [2.24, 2.45) is 29.6 Å². The summed E-state index contributed by atoms with van der Waals surface area (Å²) in [5.41, 5.74) is 1.83. The first kappa shape index (κ1) is 36.6. The van der Waals surface area contributed by atoms with Crippen molar-refractivity contribution in [1.29, 1.82) is 0 Å². The van der Waals surface area contributed by atoms with Gasteiger partial charge in [-0.15, -0.1) is 0 Å². The second-order valence-corrected chi connectivity index (χ2v) is 11.9. The van der Waals surface area contributed by atoms with Gasteiger partial charge in [0.2, 0.25) is 0 Å². The van der Waals surface area contributed by atoms with Gasteiger partial charge < -0.3 is 28.8 Å². The summed E-state index contributed by atoms with van der Waals surface area (Å²) in [5.74, 6) is -2.64.